The largest absolute Gasteiger partial charge is 0.507 e. The molecule has 0 aromatic heterocycles. The molecule has 2 N–H and O–H groups in total. The number of morpholine rings is 1. The molecule has 0 spiro atoms. The van der Waals surface area contributed by atoms with Gasteiger partial charge in [0.2, 0.25) is 0 Å². The minimum atomic E-state index is -0.204. The van der Waals surface area contributed by atoms with E-state index in [9.17, 15) is 9.90 Å². The van der Waals surface area contributed by atoms with E-state index < -0.39 is 0 Å². The molecule has 6 nitrogen and oxygen atoms in total. The van der Waals surface area contributed by atoms with Gasteiger partial charge in [0.15, 0.2) is 0 Å². The smallest absolute Gasteiger partial charge is 0.254 e. The number of amides is 1. The number of phenols is 1. The Morgan fingerprint density at radius 1 is 1.50 bits per heavy atom. The lowest BCUT2D eigenvalue weighted by atomic mass is 10.2. The summed E-state index contributed by atoms with van der Waals surface area (Å²) in [4.78, 5) is 13.6. The third kappa shape index (κ3) is 4.48. The second kappa shape index (κ2) is 7.23. The predicted octanol–water partition coefficient (Wildman–Crippen LogP) is 0.828. The summed E-state index contributed by atoms with van der Waals surface area (Å²) in [7, 11) is 0. The average Bonchev–Trinajstić information content (AvgIpc) is 2.44. The summed E-state index contributed by atoms with van der Waals surface area (Å²) in [6, 6.07) is 4.61. The maximum absolute atomic E-state index is 11.7. The minimum absolute atomic E-state index is 0.0561. The van der Waals surface area contributed by atoms with Crippen LogP contribution in [0.2, 0.25) is 5.02 Å². The van der Waals surface area contributed by atoms with E-state index in [1.807, 2.05) is 4.90 Å². The maximum Gasteiger partial charge on any atom is 0.254 e. The number of aromatic hydroxyl groups is 1. The van der Waals surface area contributed by atoms with Gasteiger partial charge in [-0.1, -0.05) is 11.6 Å². The van der Waals surface area contributed by atoms with Gasteiger partial charge in [-0.05, 0) is 18.2 Å². The molecule has 0 bridgehead atoms. The van der Waals surface area contributed by atoms with Gasteiger partial charge in [0.1, 0.15) is 5.75 Å². The summed E-state index contributed by atoms with van der Waals surface area (Å²) in [5.74, 6) is -0.148. The fourth-order valence-electron chi connectivity index (χ4n) is 1.80. The molecule has 108 valence electrons. The zero-order valence-electron chi connectivity index (χ0n) is 10.9. The van der Waals surface area contributed by atoms with Crippen molar-refractivity contribution in [2.75, 3.05) is 32.8 Å². The van der Waals surface area contributed by atoms with E-state index >= 15 is 0 Å². The molecule has 0 atom stereocenters. The molecular formula is C13H16ClN3O3. The summed E-state index contributed by atoms with van der Waals surface area (Å²) in [6.45, 7) is 3.06. The SMILES string of the molecule is O=C(CN1CCOCC1)NN=Cc1cc(Cl)ccc1O. The second-order valence-electron chi connectivity index (χ2n) is 4.38. The molecule has 2 rings (SSSR count). The Balaban J connectivity index is 1.83. The number of benzene rings is 1. The van der Waals surface area contributed by atoms with Gasteiger partial charge >= 0.3 is 0 Å². The molecule has 0 unspecified atom stereocenters. The summed E-state index contributed by atoms with van der Waals surface area (Å²) >= 11 is 5.81. The van der Waals surface area contributed by atoms with Crippen LogP contribution in [0.15, 0.2) is 23.3 Å². The Hall–Kier alpha value is -1.63. The Morgan fingerprint density at radius 2 is 2.25 bits per heavy atom. The Labute approximate surface area is 122 Å². The molecule has 1 fully saturated rings. The Bertz CT molecular complexity index is 502. The number of carbonyl (C=O) groups is 1. The number of carbonyl (C=O) groups excluding carboxylic acids is 1. The zero-order valence-corrected chi connectivity index (χ0v) is 11.6. The topological polar surface area (TPSA) is 74.2 Å². The van der Waals surface area contributed by atoms with E-state index in [-0.39, 0.29) is 18.2 Å². The summed E-state index contributed by atoms with van der Waals surface area (Å²) in [5, 5.41) is 13.9. The highest BCUT2D eigenvalue weighted by molar-refractivity contribution is 6.30. The molecule has 0 radical (unpaired) electrons. The second-order valence-corrected chi connectivity index (χ2v) is 4.82. The number of nitrogens with one attached hydrogen (secondary N) is 1. The monoisotopic (exact) mass is 297 g/mol. The van der Waals surface area contributed by atoms with Gasteiger partial charge in [-0.25, -0.2) is 5.43 Å². The Morgan fingerprint density at radius 3 is 3.00 bits per heavy atom. The maximum atomic E-state index is 11.7. The molecule has 1 aliphatic rings. The van der Waals surface area contributed by atoms with E-state index in [1.54, 1.807) is 12.1 Å². The molecule has 1 aromatic rings. The third-order valence-corrected chi connectivity index (χ3v) is 3.09. The first-order chi connectivity index (χ1) is 9.65. The number of hydrogen-bond acceptors (Lipinski definition) is 5. The molecule has 1 aromatic carbocycles. The molecule has 1 amide bonds. The van der Waals surface area contributed by atoms with E-state index in [2.05, 4.69) is 10.5 Å². The zero-order chi connectivity index (χ0) is 14.4. The molecular weight excluding hydrogens is 282 g/mol. The molecule has 1 heterocycles. The van der Waals surface area contributed by atoms with Gasteiger partial charge in [0.05, 0.1) is 26.0 Å². The van der Waals surface area contributed by atoms with E-state index in [0.717, 1.165) is 13.1 Å². The van der Waals surface area contributed by atoms with Crippen LogP contribution in [0, 0.1) is 0 Å². The lowest BCUT2D eigenvalue weighted by molar-refractivity contribution is -0.123. The standard InChI is InChI=1S/C13H16ClN3O3/c14-11-1-2-12(18)10(7-11)8-15-16-13(19)9-17-3-5-20-6-4-17/h1-2,7-8,18H,3-6,9H2,(H,16,19). The fourth-order valence-corrected chi connectivity index (χ4v) is 1.98. The van der Waals surface area contributed by atoms with Crippen molar-refractivity contribution < 1.29 is 14.6 Å². The van der Waals surface area contributed by atoms with Crippen molar-refractivity contribution in [1.29, 1.82) is 0 Å². The van der Waals surface area contributed by atoms with Crippen LogP contribution in [-0.4, -0.2) is 55.0 Å². The molecule has 0 aliphatic carbocycles. The molecule has 0 saturated carbocycles. The minimum Gasteiger partial charge on any atom is -0.507 e. The summed E-state index contributed by atoms with van der Waals surface area (Å²) in [6.07, 6.45) is 1.36. The van der Waals surface area contributed by atoms with Crippen molar-refractivity contribution in [1.82, 2.24) is 10.3 Å². The number of rotatable bonds is 4. The number of nitrogens with zero attached hydrogens (tertiary/aromatic N) is 2. The lowest BCUT2D eigenvalue weighted by Gasteiger charge is -2.25. The number of phenolic OH excluding ortho intramolecular Hbond substituents is 1. The van der Waals surface area contributed by atoms with Crippen LogP contribution in [0.4, 0.5) is 0 Å². The van der Waals surface area contributed by atoms with Gasteiger partial charge in [-0.2, -0.15) is 5.10 Å². The first kappa shape index (κ1) is 14.8. The van der Waals surface area contributed by atoms with Crippen molar-refractivity contribution in [3.63, 3.8) is 0 Å². The number of hydrogen-bond donors (Lipinski definition) is 2. The molecule has 1 aliphatic heterocycles. The summed E-state index contributed by atoms with van der Waals surface area (Å²) < 4.78 is 5.20. The van der Waals surface area contributed by atoms with E-state index in [4.69, 9.17) is 16.3 Å². The van der Waals surface area contributed by atoms with Crippen LogP contribution < -0.4 is 5.43 Å². The first-order valence-electron chi connectivity index (χ1n) is 6.25. The molecule has 7 heteroatoms. The van der Waals surface area contributed by atoms with Gasteiger partial charge in [0.25, 0.3) is 5.91 Å². The normalized spacial score (nSPS) is 16.4. The lowest BCUT2D eigenvalue weighted by Crippen LogP contribution is -2.42. The highest BCUT2D eigenvalue weighted by Gasteiger charge is 2.13. The predicted molar refractivity (Wildman–Crippen MR) is 76.1 cm³/mol. The highest BCUT2D eigenvalue weighted by atomic mass is 35.5. The van der Waals surface area contributed by atoms with Gasteiger partial charge in [-0.15, -0.1) is 0 Å². The highest BCUT2D eigenvalue weighted by Crippen LogP contribution is 2.19. The van der Waals surface area contributed by atoms with Crippen LogP contribution in [-0.2, 0) is 9.53 Å². The van der Waals surface area contributed by atoms with Crippen molar-refractivity contribution >= 4 is 23.7 Å². The van der Waals surface area contributed by atoms with Crippen molar-refractivity contribution in [3.05, 3.63) is 28.8 Å². The van der Waals surface area contributed by atoms with Crippen LogP contribution >= 0.6 is 11.6 Å². The number of hydrazone groups is 1. The van der Waals surface area contributed by atoms with Crippen LogP contribution in [0.1, 0.15) is 5.56 Å². The average molecular weight is 298 g/mol. The number of halogens is 1. The summed E-state index contributed by atoms with van der Waals surface area (Å²) in [5.41, 5.74) is 2.87. The van der Waals surface area contributed by atoms with Gasteiger partial charge < -0.3 is 9.84 Å². The van der Waals surface area contributed by atoms with Crippen LogP contribution in [0.25, 0.3) is 0 Å². The van der Waals surface area contributed by atoms with Gasteiger partial charge in [0, 0.05) is 23.7 Å². The third-order valence-electron chi connectivity index (χ3n) is 2.85. The Kier molecular flexibility index (Phi) is 5.34. The van der Waals surface area contributed by atoms with Crippen LogP contribution in [0.3, 0.4) is 0 Å². The first-order valence-corrected chi connectivity index (χ1v) is 6.63. The van der Waals surface area contributed by atoms with Gasteiger partial charge in [-0.3, -0.25) is 9.69 Å². The molecule has 1 saturated heterocycles. The van der Waals surface area contributed by atoms with E-state index in [0.29, 0.717) is 23.8 Å². The van der Waals surface area contributed by atoms with Crippen molar-refractivity contribution in [2.24, 2.45) is 5.10 Å². The number of ether oxygens (including phenoxy) is 1. The van der Waals surface area contributed by atoms with Crippen LogP contribution in [0.5, 0.6) is 5.75 Å². The van der Waals surface area contributed by atoms with E-state index in [1.165, 1.54) is 12.3 Å². The fraction of sp³-hybridized carbons (Fsp3) is 0.385. The molecule has 20 heavy (non-hydrogen) atoms. The quantitative estimate of drug-likeness (QED) is 0.638. The van der Waals surface area contributed by atoms with Crippen molar-refractivity contribution in [3.8, 4) is 5.75 Å². The van der Waals surface area contributed by atoms with Crippen molar-refractivity contribution in [2.45, 2.75) is 0 Å².